The minimum Gasteiger partial charge on any atom is -0.285 e. The fraction of sp³-hybridized carbons (Fsp3) is 0.800. The van der Waals surface area contributed by atoms with Gasteiger partial charge in [0.05, 0.1) is 0 Å². The zero-order valence-electron chi connectivity index (χ0n) is 5.75. The van der Waals surface area contributed by atoms with Gasteiger partial charge in [0.15, 0.2) is 0 Å². The van der Waals surface area contributed by atoms with Crippen molar-refractivity contribution in [1.82, 2.24) is 0 Å². The number of hydrogen-bond acceptors (Lipinski definition) is 2. The molecule has 0 saturated carbocycles. The molecule has 0 heterocycles. The zero-order valence-corrected chi connectivity index (χ0v) is 6.57. The molecule has 1 N–H and O–H groups in total. The van der Waals surface area contributed by atoms with Gasteiger partial charge in [-0.2, -0.15) is 8.42 Å². The van der Waals surface area contributed by atoms with Gasteiger partial charge in [0, 0.05) is 0 Å². The Morgan fingerprint density at radius 1 is 1.33 bits per heavy atom. The fourth-order valence-electron chi connectivity index (χ4n) is 0.447. The minimum absolute atomic E-state index is 0.479. The smallest absolute Gasteiger partial charge is 0.269 e. The van der Waals surface area contributed by atoms with E-state index in [0.29, 0.717) is 0 Å². The Bertz CT molecular complexity index is 173. The van der Waals surface area contributed by atoms with Crippen LogP contribution in [-0.4, -0.2) is 13.0 Å². The molecule has 0 atom stereocenters. The summed E-state index contributed by atoms with van der Waals surface area (Å²) in [4.78, 5) is 0. The molecular weight excluding hydrogens is 140 g/mol. The molecule has 3 nitrogen and oxygen atoms in total. The maximum Gasteiger partial charge on any atom is 0.269 e. The van der Waals surface area contributed by atoms with E-state index >= 15 is 0 Å². The summed E-state index contributed by atoms with van der Waals surface area (Å²) in [6.07, 6.45) is 0. The van der Waals surface area contributed by atoms with Gasteiger partial charge < -0.3 is 0 Å². The summed E-state index contributed by atoms with van der Waals surface area (Å²) in [5, 5.41) is 0. The summed E-state index contributed by atoms with van der Waals surface area (Å²) in [5.74, 6) is 0.903. The van der Waals surface area contributed by atoms with E-state index < -0.39 is 15.5 Å². The van der Waals surface area contributed by atoms with E-state index in [1.807, 2.05) is 0 Å². The molecule has 1 radical (unpaired) electrons. The molecule has 0 bridgehead atoms. The molecular formula is C5H11O3S. The second-order valence-electron chi connectivity index (χ2n) is 3.00. The summed E-state index contributed by atoms with van der Waals surface area (Å²) in [7, 11) is -3.91. The van der Waals surface area contributed by atoms with Crippen molar-refractivity contribution < 1.29 is 13.0 Å². The largest absolute Gasteiger partial charge is 0.285 e. The maximum atomic E-state index is 10.1. The second kappa shape index (κ2) is 2.27. The lowest BCUT2D eigenvalue weighted by molar-refractivity contribution is 0.454. The van der Waals surface area contributed by atoms with Gasteiger partial charge in [0.2, 0.25) is 0 Å². The third kappa shape index (κ3) is 7.91. The zero-order chi connectivity index (χ0) is 7.71. The molecule has 0 spiro atoms. The Balaban J connectivity index is 4.07. The predicted molar refractivity (Wildman–Crippen MR) is 35.3 cm³/mol. The SMILES string of the molecule is CC(C)(C)[CH]S(=O)(=O)O. The van der Waals surface area contributed by atoms with Crippen molar-refractivity contribution in [2.45, 2.75) is 20.8 Å². The molecule has 0 aromatic rings. The third-order valence-corrected chi connectivity index (χ3v) is 1.51. The van der Waals surface area contributed by atoms with Gasteiger partial charge in [-0.3, -0.25) is 4.55 Å². The van der Waals surface area contributed by atoms with Crippen LogP contribution in [-0.2, 0) is 10.1 Å². The van der Waals surface area contributed by atoms with E-state index in [1.165, 1.54) is 0 Å². The molecule has 0 aromatic carbocycles. The highest BCUT2D eigenvalue weighted by atomic mass is 32.2. The highest BCUT2D eigenvalue weighted by molar-refractivity contribution is 7.87. The summed E-state index contributed by atoms with van der Waals surface area (Å²) in [6.45, 7) is 5.09. The normalized spacial score (nSPS) is 13.8. The Morgan fingerprint density at radius 2 is 1.67 bits per heavy atom. The van der Waals surface area contributed by atoms with Crippen LogP contribution in [0.2, 0.25) is 0 Å². The molecule has 0 fully saturated rings. The van der Waals surface area contributed by atoms with Crippen LogP contribution in [0.1, 0.15) is 20.8 Å². The molecule has 0 unspecified atom stereocenters. The average molecular weight is 151 g/mol. The van der Waals surface area contributed by atoms with E-state index in [9.17, 15) is 8.42 Å². The Hall–Kier alpha value is -0.0900. The van der Waals surface area contributed by atoms with Crippen LogP contribution >= 0.6 is 0 Å². The lowest BCUT2D eigenvalue weighted by atomic mass is 10.0. The van der Waals surface area contributed by atoms with Gasteiger partial charge in [-0.25, -0.2) is 0 Å². The van der Waals surface area contributed by atoms with Crippen LogP contribution in [0.25, 0.3) is 0 Å². The molecule has 0 aliphatic rings. The van der Waals surface area contributed by atoms with Crippen molar-refractivity contribution >= 4 is 10.1 Å². The van der Waals surface area contributed by atoms with E-state index in [-0.39, 0.29) is 0 Å². The van der Waals surface area contributed by atoms with Crippen molar-refractivity contribution in [3.63, 3.8) is 0 Å². The first kappa shape index (κ1) is 8.91. The van der Waals surface area contributed by atoms with Gasteiger partial charge in [-0.1, -0.05) is 20.8 Å². The molecule has 0 aliphatic heterocycles. The predicted octanol–water partition coefficient (Wildman–Crippen LogP) is 1.08. The molecule has 0 rings (SSSR count). The maximum absolute atomic E-state index is 10.1. The molecule has 0 amide bonds. The van der Waals surface area contributed by atoms with E-state index in [2.05, 4.69) is 0 Å². The third-order valence-electron chi connectivity index (χ3n) is 0.502. The van der Waals surface area contributed by atoms with Crippen molar-refractivity contribution in [3.05, 3.63) is 5.75 Å². The van der Waals surface area contributed by atoms with E-state index in [4.69, 9.17) is 4.55 Å². The van der Waals surface area contributed by atoms with Crippen LogP contribution < -0.4 is 0 Å². The topological polar surface area (TPSA) is 54.4 Å². The summed E-state index contributed by atoms with van der Waals surface area (Å²) < 4.78 is 28.6. The van der Waals surface area contributed by atoms with Crippen LogP contribution in [0.5, 0.6) is 0 Å². The molecule has 0 saturated heterocycles. The first-order valence-electron chi connectivity index (χ1n) is 2.54. The van der Waals surface area contributed by atoms with Crippen molar-refractivity contribution in [2.24, 2.45) is 5.41 Å². The Kier molecular flexibility index (Phi) is 2.24. The summed E-state index contributed by atoms with van der Waals surface area (Å²) >= 11 is 0. The van der Waals surface area contributed by atoms with Gasteiger partial charge in [0.1, 0.15) is 5.75 Å². The minimum atomic E-state index is -3.91. The van der Waals surface area contributed by atoms with Crippen LogP contribution in [0.15, 0.2) is 0 Å². The Labute approximate surface area is 55.8 Å². The quantitative estimate of drug-likeness (QED) is 0.570. The van der Waals surface area contributed by atoms with E-state index in [0.717, 1.165) is 5.75 Å². The van der Waals surface area contributed by atoms with Gasteiger partial charge >= 0.3 is 0 Å². The van der Waals surface area contributed by atoms with Crippen molar-refractivity contribution in [1.29, 1.82) is 0 Å². The van der Waals surface area contributed by atoms with Crippen molar-refractivity contribution in [3.8, 4) is 0 Å². The molecule has 0 aliphatic carbocycles. The van der Waals surface area contributed by atoms with Crippen molar-refractivity contribution in [2.75, 3.05) is 0 Å². The molecule has 0 aromatic heterocycles. The van der Waals surface area contributed by atoms with E-state index in [1.54, 1.807) is 20.8 Å². The molecule has 9 heavy (non-hydrogen) atoms. The van der Waals surface area contributed by atoms with Crippen LogP contribution in [0, 0.1) is 11.2 Å². The van der Waals surface area contributed by atoms with Gasteiger partial charge in [-0.15, -0.1) is 0 Å². The van der Waals surface area contributed by atoms with Gasteiger partial charge in [0.25, 0.3) is 10.1 Å². The summed E-state index contributed by atoms with van der Waals surface area (Å²) in [5.41, 5.74) is -0.479. The standard InChI is InChI=1S/C5H11O3S/c1-5(2,3)4-9(6,7)8/h4H,1-3H3,(H,6,7,8). The van der Waals surface area contributed by atoms with Gasteiger partial charge in [-0.05, 0) is 5.41 Å². The lowest BCUT2D eigenvalue weighted by Crippen LogP contribution is -2.13. The van der Waals surface area contributed by atoms with Crippen LogP contribution in [0.3, 0.4) is 0 Å². The first-order chi connectivity index (χ1) is 3.71. The monoisotopic (exact) mass is 151 g/mol. The first-order valence-corrected chi connectivity index (χ1v) is 4.04. The fourth-order valence-corrected chi connectivity index (χ4v) is 1.34. The molecule has 55 valence electrons. The second-order valence-corrected chi connectivity index (χ2v) is 4.26. The van der Waals surface area contributed by atoms with Crippen LogP contribution in [0.4, 0.5) is 0 Å². The summed E-state index contributed by atoms with van der Waals surface area (Å²) in [6, 6.07) is 0. The Morgan fingerprint density at radius 3 is 1.67 bits per heavy atom. The highest BCUT2D eigenvalue weighted by Crippen LogP contribution is 2.19. The number of rotatable bonds is 1. The number of hydrogen-bond donors (Lipinski definition) is 1. The highest BCUT2D eigenvalue weighted by Gasteiger charge is 2.19. The lowest BCUT2D eigenvalue weighted by Gasteiger charge is -2.13. The average Bonchev–Trinajstić information content (AvgIpc) is 1.14. The molecule has 4 heteroatoms.